The van der Waals surface area contributed by atoms with Crippen molar-refractivity contribution in [3.63, 3.8) is 0 Å². The number of carbonyl (C=O) groups is 1. The molecule has 0 radical (unpaired) electrons. The van der Waals surface area contributed by atoms with Crippen LogP contribution in [0, 0.1) is 0 Å². The molecule has 1 rings (SSSR count). The quantitative estimate of drug-likeness (QED) is 0.604. The van der Waals surface area contributed by atoms with Crippen molar-refractivity contribution >= 4 is 27.8 Å². The maximum absolute atomic E-state index is 11.9. The van der Waals surface area contributed by atoms with Gasteiger partial charge in [0.25, 0.3) is 0 Å². The van der Waals surface area contributed by atoms with Gasteiger partial charge in [-0.05, 0) is 32.9 Å². The smallest absolute Gasteiger partial charge is 0.316 e. The lowest BCUT2D eigenvalue weighted by Crippen LogP contribution is -2.25. The lowest BCUT2D eigenvalue weighted by atomic mass is 10.2. The number of esters is 1. The highest BCUT2D eigenvalue weighted by molar-refractivity contribution is 7.99. The van der Waals surface area contributed by atoms with Gasteiger partial charge in [-0.3, -0.25) is 4.79 Å². The summed E-state index contributed by atoms with van der Waals surface area (Å²) in [6.07, 6.45) is 1.28. The molecule has 0 aromatic carbocycles. The Morgan fingerprint density at radius 1 is 1.33 bits per heavy atom. The molecule has 0 atom stereocenters. The maximum atomic E-state index is 11.9. The zero-order valence-corrected chi connectivity index (χ0v) is 14.4. The number of hydrogen-bond acceptors (Lipinski definition) is 6. The van der Waals surface area contributed by atoms with Crippen LogP contribution in [0.25, 0.3) is 0 Å². The maximum Gasteiger partial charge on any atom is 0.316 e. The Kier molecular flexibility index (Phi) is 5.77. The topological polar surface area (TPSA) is 76.6 Å². The molecule has 1 aromatic heterocycles. The summed E-state index contributed by atoms with van der Waals surface area (Å²) in [4.78, 5) is 15.7. The summed E-state index contributed by atoms with van der Waals surface area (Å²) in [6, 6.07) is 3.05. The summed E-state index contributed by atoms with van der Waals surface area (Å²) < 4.78 is 30.0. The highest BCUT2D eigenvalue weighted by Gasteiger charge is 2.18. The molecule has 0 bridgehead atoms. The van der Waals surface area contributed by atoms with Crippen molar-refractivity contribution in [1.82, 2.24) is 9.29 Å². The van der Waals surface area contributed by atoms with E-state index >= 15 is 0 Å². The van der Waals surface area contributed by atoms with Gasteiger partial charge >= 0.3 is 5.97 Å². The van der Waals surface area contributed by atoms with Gasteiger partial charge < -0.3 is 4.74 Å². The van der Waals surface area contributed by atoms with Crippen LogP contribution in [0.4, 0.5) is 0 Å². The van der Waals surface area contributed by atoms with E-state index in [9.17, 15) is 13.2 Å². The minimum Gasteiger partial charge on any atom is -0.459 e. The second-order valence-electron chi connectivity index (χ2n) is 5.49. The molecule has 0 saturated carbocycles. The normalized spacial score (nSPS) is 12.5. The van der Waals surface area contributed by atoms with Crippen molar-refractivity contribution in [3.05, 3.63) is 18.3 Å². The molecule has 8 heteroatoms. The largest absolute Gasteiger partial charge is 0.459 e. The fraction of sp³-hybridized carbons (Fsp3) is 0.538. The molecule has 0 unspecified atom stereocenters. The number of carbonyl (C=O) groups excluding carboxylic acids is 1. The highest BCUT2D eigenvalue weighted by Crippen LogP contribution is 2.19. The van der Waals surface area contributed by atoms with Crippen molar-refractivity contribution < 1.29 is 17.9 Å². The van der Waals surface area contributed by atoms with Crippen molar-refractivity contribution in [1.29, 1.82) is 0 Å². The highest BCUT2D eigenvalue weighted by atomic mass is 32.2. The molecule has 0 N–H and O–H groups in total. The van der Waals surface area contributed by atoms with E-state index in [2.05, 4.69) is 4.98 Å². The zero-order chi connectivity index (χ0) is 16.3. The van der Waals surface area contributed by atoms with Crippen molar-refractivity contribution in [2.24, 2.45) is 0 Å². The number of pyridine rings is 1. The van der Waals surface area contributed by atoms with Crippen LogP contribution in [0.2, 0.25) is 0 Å². The van der Waals surface area contributed by atoms with Crippen molar-refractivity contribution in [2.45, 2.75) is 36.3 Å². The Hall–Kier alpha value is -1.12. The van der Waals surface area contributed by atoms with Gasteiger partial charge in [0, 0.05) is 20.3 Å². The van der Waals surface area contributed by atoms with Crippen molar-refractivity contribution in [3.8, 4) is 0 Å². The molecule has 118 valence electrons. The third-order valence-corrected chi connectivity index (χ3v) is 4.96. The molecule has 0 aliphatic carbocycles. The summed E-state index contributed by atoms with van der Waals surface area (Å²) >= 11 is 1.20. The summed E-state index contributed by atoms with van der Waals surface area (Å²) in [5.41, 5.74) is -0.519. The van der Waals surface area contributed by atoms with E-state index in [0.717, 1.165) is 4.31 Å². The zero-order valence-electron chi connectivity index (χ0n) is 12.8. The predicted molar refractivity (Wildman–Crippen MR) is 81.7 cm³/mol. The van der Waals surface area contributed by atoms with Gasteiger partial charge in [0.05, 0.1) is 10.8 Å². The number of ether oxygens (including phenoxy) is 1. The second-order valence-corrected chi connectivity index (χ2v) is 8.64. The minimum atomic E-state index is -3.48. The Balaban J connectivity index is 2.66. The van der Waals surface area contributed by atoms with E-state index < -0.39 is 15.6 Å². The molecule has 1 aromatic rings. The molecule has 21 heavy (non-hydrogen) atoms. The van der Waals surface area contributed by atoms with Gasteiger partial charge in [0.1, 0.15) is 10.5 Å². The van der Waals surface area contributed by atoms with Gasteiger partial charge in [-0.25, -0.2) is 17.7 Å². The monoisotopic (exact) mass is 332 g/mol. The number of rotatable bonds is 5. The van der Waals surface area contributed by atoms with Crippen LogP contribution in [0.3, 0.4) is 0 Å². The van der Waals surface area contributed by atoms with Crippen LogP contribution in [0.5, 0.6) is 0 Å². The third kappa shape index (κ3) is 5.64. The van der Waals surface area contributed by atoms with Crippen LogP contribution in [-0.2, 0) is 19.6 Å². The van der Waals surface area contributed by atoms with Gasteiger partial charge in [0.15, 0.2) is 0 Å². The molecule has 0 saturated heterocycles. The lowest BCUT2D eigenvalue weighted by molar-refractivity contribution is -0.151. The Bertz CT molecular complexity index is 590. The van der Waals surface area contributed by atoms with E-state index in [1.807, 2.05) is 0 Å². The van der Waals surface area contributed by atoms with E-state index in [1.165, 1.54) is 38.1 Å². The number of thioether (sulfide) groups is 1. The Labute approximate surface area is 129 Å². The lowest BCUT2D eigenvalue weighted by Gasteiger charge is -2.19. The van der Waals surface area contributed by atoms with Gasteiger partial charge in [-0.1, -0.05) is 11.8 Å². The Morgan fingerprint density at radius 2 is 1.95 bits per heavy atom. The van der Waals surface area contributed by atoms with E-state index in [-0.39, 0.29) is 16.6 Å². The SMILES string of the molecule is CN(C)S(=O)(=O)c1ccc(SCC(=O)OC(C)(C)C)nc1. The van der Waals surface area contributed by atoms with Gasteiger partial charge in [-0.2, -0.15) is 0 Å². The van der Waals surface area contributed by atoms with E-state index in [0.29, 0.717) is 5.03 Å². The molecule has 6 nitrogen and oxygen atoms in total. The second kappa shape index (κ2) is 6.76. The van der Waals surface area contributed by atoms with Crippen molar-refractivity contribution in [2.75, 3.05) is 19.8 Å². The molecule has 1 heterocycles. The molecular formula is C13H20N2O4S2. The summed E-state index contributed by atoms with van der Waals surface area (Å²) in [5.74, 6) is -0.205. The summed E-state index contributed by atoms with van der Waals surface area (Å²) in [7, 11) is -0.561. The van der Waals surface area contributed by atoms with Crippen LogP contribution in [-0.4, -0.2) is 49.1 Å². The molecule has 0 aliphatic rings. The summed E-state index contributed by atoms with van der Waals surface area (Å²) in [5, 5.41) is 0.568. The fourth-order valence-electron chi connectivity index (χ4n) is 1.32. The summed E-state index contributed by atoms with van der Waals surface area (Å²) in [6.45, 7) is 5.40. The van der Waals surface area contributed by atoms with Gasteiger partial charge in [0.2, 0.25) is 10.0 Å². The first kappa shape index (κ1) is 17.9. The fourth-order valence-corrected chi connectivity index (χ4v) is 2.78. The average molecular weight is 332 g/mol. The molecule has 0 amide bonds. The average Bonchev–Trinajstić information content (AvgIpc) is 2.34. The standard InChI is InChI=1S/C13H20N2O4S2/c1-13(2,3)19-12(16)9-20-11-7-6-10(8-14-11)21(17,18)15(4)5/h6-8H,9H2,1-5H3. The van der Waals surface area contributed by atoms with E-state index in [4.69, 9.17) is 4.74 Å². The molecule has 0 fully saturated rings. The first-order valence-electron chi connectivity index (χ1n) is 6.25. The minimum absolute atomic E-state index is 0.120. The number of aromatic nitrogens is 1. The first-order valence-corrected chi connectivity index (χ1v) is 8.68. The predicted octanol–water partition coefficient (Wildman–Crippen LogP) is 1.77. The van der Waals surface area contributed by atoms with Gasteiger partial charge in [-0.15, -0.1) is 0 Å². The van der Waals surface area contributed by atoms with Crippen LogP contribution < -0.4 is 0 Å². The third-order valence-electron chi connectivity index (χ3n) is 2.25. The van der Waals surface area contributed by atoms with Crippen LogP contribution in [0.1, 0.15) is 20.8 Å². The Morgan fingerprint density at radius 3 is 2.38 bits per heavy atom. The molecule has 0 spiro atoms. The van der Waals surface area contributed by atoms with Crippen LogP contribution >= 0.6 is 11.8 Å². The molecule has 0 aliphatic heterocycles. The first-order chi connectivity index (χ1) is 9.52. The van der Waals surface area contributed by atoms with E-state index in [1.54, 1.807) is 26.8 Å². The molecular weight excluding hydrogens is 312 g/mol. The van der Waals surface area contributed by atoms with Crippen LogP contribution in [0.15, 0.2) is 28.3 Å². The number of hydrogen-bond donors (Lipinski definition) is 0. The number of nitrogens with zero attached hydrogens (tertiary/aromatic N) is 2. The number of sulfonamides is 1.